The SMILES string of the molecule is CCC1CN(c2nc(C)ccc2CN)CCO1. The number of ether oxygens (including phenoxy) is 1. The van der Waals surface area contributed by atoms with Crippen molar-refractivity contribution in [3.05, 3.63) is 23.4 Å². The number of nitrogens with zero attached hydrogens (tertiary/aromatic N) is 2. The molecule has 94 valence electrons. The predicted octanol–water partition coefficient (Wildman–Crippen LogP) is 1.46. The van der Waals surface area contributed by atoms with Gasteiger partial charge in [0, 0.05) is 30.9 Å². The first-order chi connectivity index (χ1) is 8.24. The second-order valence-corrected chi connectivity index (χ2v) is 4.49. The van der Waals surface area contributed by atoms with Gasteiger partial charge < -0.3 is 15.4 Å². The Morgan fingerprint density at radius 1 is 1.53 bits per heavy atom. The molecule has 1 aromatic rings. The molecule has 0 aliphatic carbocycles. The monoisotopic (exact) mass is 235 g/mol. The van der Waals surface area contributed by atoms with E-state index >= 15 is 0 Å². The minimum atomic E-state index is 0.316. The average Bonchev–Trinajstić information content (AvgIpc) is 2.39. The van der Waals surface area contributed by atoms with E-state index in [1.54, 1.807) is 0 Å². The Labute approximate surface area is 103 Å². The van der Waals surface area contributed by atoms with Gasteiger partial charge in [0.05, 0.1) is 12.7 Å². The van der Waals surface area contributed by atoms with Crippen LogP contribution in [0.15, 0.2) is 12.1 Å². The summed E-state index contributed by atoms with van der Waals surface area (Å²) in [6.45, 7) is 7.30. The molecule has 1 atom stereocenters. The molecule has 0 amide bonds. The number of morpholine rings is 1. The minimum Gasteiger partial charge on any atom is -0.375 e. The van der Waals surface area contributed by atoms with Crippen molar-refractivity contribution in [1.82, 2.24) is 4.98 Å². The lowest BCUT2D eigenvalue weighted by Crippen LogP contribution is -2.43. The molecule has 0 spiro atoms. The molecule has 0 saturated carbocycles. The van der Waals surface area contributed by atoms with Gasteiger partial charge in [-0.25, -0.2) is 4.98 Å². The van der Waals surface area contributed by atoms with Crippen molar-refractivity contribution in [2.75, 3.05) is 24.6 Å². The van der Waals surface area contributed by atoms with Gasteiger partial charge in [0.1, 0.15) is 5.82 Å². The van der Waals surface area contributed by atoms with Crippen molar-refractivity contribution in [3.63, 3.8) is 0 Å². The van der Waals surface area contributed by atoms with Gasteiger partial charge in [-0.1, -0.05) is 13.0 Å². The number of rotatable bonds is 3. The van der Waals surface area contributed by atoms with Crippen molar-refractivity contribution >= 4 is 5.82 Å². The van der Waals surface area contributed by atoms with E-state index in [0.717, 1.165) is 43.2 Å². The first-order valence-corrected chi connectivity index (χ1v) is 6.27. The third-order valence-corrected chi connectivity index (χ3v) is 3.21. The highest BCUT2D eigenvalue weighted by atomic mass is 16.5. The highest BCUT2D eigenvalue weighted by Gasteiger charge is 2.21. The summed E-state index contributed by atoms with van der Waals surface area (Å²) in [5, 5.41) is 0. The molecule has 1 saturated heterocycles. The maximum atomic E-state index is 5.78. The fraction of sp³-hybridized carbons (Fsp3) is 0.615. The fourth-order valence-electron chi connectivity index (χ4n) is 2.16. The largest absolute Gasteiger partial charge is 0.375 e. The Bertz CT molecular complexity index is 381. The van der Waals surface area contributed by atoms with Gasteiger partial charge in [-0.2, -0.15) is 0 Å². The van der Waals surface area contributed by atoms with E-state index in [1.165, 1.54) is 0 Å². The number of hydrogen-bond acceptors (Lipinski definition) is 4. The third kappa shape index (κ3) is 2.76. The molecule has 4 nitrogen and oxygen atoms in total. The molecule has 1 aliphatic heterocycles. The van der Waals surface area contributed by atoms with Gasteiger partial charge in [0.2, 0.25) is 0 Å². The van der Waals surface area contributed by atoms with E-state index in [4.69, 9.17) is 10.5 Å². The van der Waals surface area contributed by atoms with Gasteiger partial charge in [0.25, 0.3) is 0 Å². The standard InChI is InChI=1S/C13H21N3O/c1-3-12-9-16(6-7-17-12)13-11(8-14)5-4-10(2)15-13/h4-5,12H,3,6-9,14H2,1-2H3. The van der Waals surface area contributed by atoms with Crippen molar-refractivity contribution < 1.29 is 4.74 Å². The molecular formula is C13H21N3O. The lowest BCUT2D eigenvalue weighted by Gasteiger charge is -2.34. The van der Waals surface area contributed by atoms with Crippen LogP contribution in [-0.2, 0) is 11.3 Å². The zero-order valence-electron chi connectivity index (χ0n) is 10.6. The van der Waals surface area contributed by atoms with Crippen molar-refractivity contribution in [2.24, 2.45) is 5.73 Å². The highest BCUT2D eigenvalue weighted by Crippen LogP contribution is 2.21. The molecule has 1 aliphatic rings. The van der Waals surface area contributed by atoms with E-state index in [-0.39, 0.29) is 0 Å². The van der Waals surface area contributed by atoms with E-state index in [0.29, 0.717) is 12.6 Å². The van der Waals surface area contributed by atoms with Crippen molar-refractivity contribution in [3.8, 4) is 0 Å². The molecule has 0 bridgehead atoms. The molecule has 2 rings (SSSR count). The lowest BCUT2D eigenvalue weighted by molar-refractivity contribution is 0.0381. The number of aryl methyl sites for hydroxylation is 1. The molecule has 2 heterocycles. The van der Waals surface area contributed by atoms with Crippen LogP contribution in [0.2, 0.25) is 0 Å². The molecule has 17 heavy (non-hydrogen) atoms. The van der Waals surface area contributed by atoms with Crippen LogP contribution in [0.4, 0.5) is 5.82 Å². The maximum Gasteiger partial charge on any atom is 0.133 e. The van der Waals surface area contributed by atoms with Gasteiger partial charge in [-0.15, -0.1) is 0 Å². The first kappa shape index (κ1) is 12.3. The molecule has 4 heteroatoms. The molecule has 0 aromatic carbocycles. The van der Waals surface area contributed by atoms with Crippen LogP contribution in [0.1, 0.15) is 24.6 Å². The second-order valence-electron chi connectivity index (χ2n) is 4.49. The molecule has 0 radical (unpaired) electrons. The summed E-state index contributed by atoms with van der Waals surface area (Å²) in [6, 6.07) is 4.09. The van der Waals surface area contributed by atoms with E-state index in [1.807, 2.05) is 13.0 Å². The number of aromatic nitrogens is 1. The Balaban J connectivity index is 2.22. The fourth-order valence-corrected chi connectivity index (χ4v) is 2.16. The minimum absolute atomic E-state index is 0.316. The summed E-state index contributed by atoms with van der Waals surface area (Å²) in [4.78, 5) is 6.93. The Hall–Kier alpha value is -1.13. The Kier molecular flexibility index (Phi) is 3.97. The highest BCUT2D eigenvalue weighted by molar-refractivity contribution is 5.48. The van der Waals surface area contributed by atoms with Crippen molar-refractivity contribution in [1.29, 1.82) is 0 Å². The number of anilines is 1. The smallest absolute Gasteiger partial charge is 0.133 e. The second kappa shape index (κ2) is 5.47. The Morgan fingerprint density at radius 3 is 3.06 bits per heavy atom. The van der Waals surface area contributed by atoms with Crippen LogP contribution in [0, 0.1) is 6.92 Å². The van der Waals surface area contributed by atoms with Crippen molar-refractivity contribution in [2.45, 2.75) is 32.9 Å². The van der Waals surface area contributed by atoms with Crippen LogP contribution in [-0.4, -0.2) is 30.8 Å². The van der Waals surface area contributed by atoms with E-state index in [2.05, 4.69) is 22.9 Å². The maximum absolute atomic E-state index is 5.78. The first-order valence-electron chi connectivity index (χ1n) is 6.27. The number of nitrogens with two attached hydrogens (primary N) is 1. The number of pyridine rings is 1. The Morgan fingerprint density at radius 2 is 2.35 bits per heavy atom. The van der Waals surface area contributed by atoms with Gasteiger partial charge >= 0.3 is 0 Å². The van der Waals surface area contributed by atoms with Crippen LogP contribution in [0.5, 0.6) is 0 Å². The zero-order valence-corrected chi connectivity index (χ0v) is 10.6. The molecule has 1 unspecified atom stereocenters. The van der Waals surface area contributed by atoms with Gasteiger partial charge in [0.15, 0.2) is 0 Å². The summed E-state index contributed by atoms with van der Waals surface area (Å²) >= 11 is 0. The quantitative estimate of drug-likeness (QED) is 0.862. The normalized spacial score (nSPS) is 20.6. The predicted molar refractivity (Wildman–Crippen MR) is 69.1 cm³/mol. The molecule has 2 N–H and O–H groups in total. The third-order valence-electron chi connectivity index (χ3n) is 3.21. The van der Waals surface area contributed by atoms with Crippen LogP contribution < -0.4 is 10.6 Å². The van der Waals surface area contributed by atoms with Crippen LogP contribution >= 0.6 is 0 Å². The summed E-state index contributed by atoms with van der Waals surface area (Å²) < 4.78 is 5.68. The summed E-state index contributed by atoms with van der Waals surface area (Å²) in [5.41, 5.74) is 7.93. The van der Waals surface area contributed by atoms with E-state index < -0.39 is 0 Å². The number of hydrogen-bond donors (Lipinski definition) is 1. The van der Waals surface area contributed by atoms with E-state index in [9.17, 15) is 0 Å². The summed E-state index contributed by atoms with van der Waals surface area (Å²) in [5.74, 6) is 1.04. The zero-order chi connectivity index (χ0) is 12.3. The summed E-state index contributed by atoms with van der Waals surface area (Å²) in [7, 11) is 0. The van der Waals surface area contributed by atoms with Gasteiger partial charge in [-0.3, -0.25) is 0 Å². The van der Waals surface area contributed by atoms with Crippen LogP contribution in [0.3, 0.4) is 0 Å². The van der Waals surface area contributed by atoms with Crippen LogP contribution in [0.25, 0.3) is 0 Å². The summed E-state index contributed by atoms with van der Waals surface area (Å²) in [6.07, 6.45) is 1.36. The molecular weight excluding hydrogens is 214 g/mol. The molecule has 1 fully saturated rings. The average molecular weight is 235 g/mol. The lowest BCUT2D eigenvalue weighted by atomic mass is 10.1. The topological polar surface area (TPSA) is 51.4 Å². The molecule has 1 aromatic heterocycles. The van der Waals surface area contributed by atoms with Gasteiger partial charge in [-0.05, 0) is 19.4 Å².